The van der Waals surface area contributed by atoms with Gasteiger partial charge in [0.1, 0.15) is 0 Å². The summed E-state index contributed by atoms with van der Waals surface area (Å²) in [6.45, 7) is 12.3. The molecule has 0 bridgehead atoms. The van der Waals surface area contributed by atoms with Crippen molar-refractivity contribution in [2.24, 2.45) is 17.8 Å². The van der Waals surface area contributed by atoms with Crippen LogP contribution in [-0.2, 0) is 0 Å². The molecule has 2 heterocycles. The highest BCUT2D eigenvalue weighted by Crippen LogP contribution is 2.26. The number of likely N-dealkylation sites (tertiary alicyclic amines) is 1. The van der Waals surface area contributed by atoms with Gasteiger partial charge in [0.05, 0.1) is 0 Å². The minimum absolute atomic E-state index is 0.798. The largest absolute Gasteiger partial charge is 0.316 e. The van der Waals surface area contributed by atoms with Crippen molar-refractivity contribution in [1.82, 2.24) is 10.2 Å². The molecule has 2 fully saturated rings. The van der Waals surface area contributed by atoms with Gasteiger partial charge in [0, 0.05) is 12.6 Å². The maximum absolute atomic E-state index is 3.51. The topological polar surface area (TPSA) is 15.3 Å². The summed E-state index contributed by atoms with van der Waals surface area (Å²) in [7, 11) is 0. The van der Waals surface area contributed by atoms with Gasteiger partial charge in [-0.05, 0) is 57.2 Å². The monoisotopic (exact) mass is 210 g/mol. The van der Waals surface area contributed by atoms with Gasteiger partial charge in [-0.2, -0.15) is 0 Å². The molecule has 15 heavy (non-hydrogen) atoms. The van der Waals surface area contributed by atoms with Crippen LogP contribution in [0.2, 0.25) is 0 Å². The van der Waals surface area contributed by atoms with E-state index < -0.39 is 0 Å². The summed E-state index contributed by atoms with van der Waals surface area (Å²) in [5.74, 6) is 2.65. The van der Waals surface area contributed by atoms with E-state index in [1.807, 2.05) is 0 Å². The van der Waals surface area contributed by atoms with Gasteiger partial charge in [-0.25, -0.2) is 0 Å². The lowest BCUT2D eigenvalue weighted by molar-refractivity contribution is 0.0917. The summed E-state index contributed by atoms with van der Waals surface area (Å²) >= 11 is 0. The third-order valence-electron chi connectivity index (χ3n) is 4.65. The van der Waals surface area contributed by atoms with Crippen molar-refractivity contribution in [3.8, 4) is 0 Å². The fourth-order valence-corrected chi connectivity index (χ4v) is 3.09. The van der Waals surface area contributed by atoms with Crippen LogP contribution in [-0.4, -0.2) is 37.1 Å². The van der Waals surface area contributed by atoms with E-state index in [-0.39, 0.29) is 0 Å². The van der Waals surface area contributed by atoms with Crippen molar-refractivity contribution in [2.75, 3.05) is 26.2 Å². The lowest BCUT2D eigenvalue weighted by Crippen LogP contribution is -2.45. The zero-order valence-corrected chi connectivity index (χ0v) is 10.5. The van der Waals surface area contributed by atoms with Crippen LogP contribution in [0, 0.1) is 17.8 Å². The standard InChI is InChI=1S/C13H26N2/c1-10-5-4-6-15(12(10)3)9-13-8-14-7-11(13)2/h10-14H,4-9H2,1-3H3/t10?,11-,12?,13+/m1/s1. The van der Waals surface area contributed by atoms with Gasteiger partial charge in [-0.15, -0.1) is 0 Å². The Hall–Kier alpha value is -0.0800. The molecule has 2 rings (SSSR count). The van der Waals surface area contributed by atoms with Crippen molar-refractivity contribution in [3.05, 3.63) is 0 Å². The van der Waals surface area contributed by atoms with E-state index in [9.17, 15) is 0 Å². The predicted molar refractivity (Wildman–Crippen MR) is 65.0 cm³/mol. The minimum atomic E-state index is 0.798. The Labute approximate surface area is 94.4 Å². The fraction of sp³-hybridized carbons (Fsp3) is 1.00. The molecule has 88 valence electrons. The van der Waals surface area contributed by atoms with Gasteiger partial charge < -0.3 is 10.2 Å². The molecule has 0 aromatic rings. The molecule has 0 aromatic heterocycles. The Morgan fingerprint density at radius 2 is 1.93 bits per heavy atom. The van der Waals surface area contributed by atoms with E-state index in [4.69, 9.17) is 0 Å². The first-order valence-electron chi connectivity index (χ1n) is 6.63. The van der Waals surface area contributed by atoms with E-state index in [1.165, 1.54) is 39.0 Å². The summed E-state index contributed by atoms with van der Waals surface area (Å²) in [6, 6.07) is 0.798. The molecule has 0 saturated carbocycles. The Balaban J connectivity index is 1.87. The van der Waals surface area contributed by atoms with E-state index >= 15 is 0 Å². The van der Waals surface area contributed by atoms with Gasteiger partial charge in [0.15, 0.2) is 0 Å². The first-order chi connectivity index (χ1) is 7.18. The van der Waals surface area contributed by atoms with Crippen LogP contribution in [0.5, 0.6) is 0 Å². The summed E-state index contributed by atoms with van der Waals surface area (Å²) in [5, 5.41) is 3.51. The second kappa shape index (κ2) is 4.84. The number of rotatable bonds is 2. The summed E-state index contributed by atoms with van der Waals surface area (Å²) in [4.78, 5) is 2.72. The van der Waals surface area contributed by atoms with Crippen LogP contribution in [0.1, 0.15) is 33.6 Å². The molecule has 4 atom stereocenters. The quantitative estimate of drug-likeness (QED) is 0.749. The fourth-order valence-electron chi connectivity index (χ4n) is 3.09. The molecule has 2 saturated heterocycles. The second-order valence-corrected chi connectivity index (χ2v) is 5.75. The minimum Gasteiger partial charge on any atom is -0.316 e. The Morgan fingerprint density at radius 1 is 1.13 bits per heavy atom. The summed E-state index contributed by atoms with van der Waals surface area (Å²) in [6.07, 6.45) is 2.83. The van der Waals surface area contributed by atoms with Crippen LogP contribution in [0.25, 0.3) is 0 Å². The van der Waals surface area contributed by atoms with Crippen molar-refractivity contribution < 1.29 is 0 Å². The molecular weight excluding hydrogens is 184 g/mol. The molecule has 0 amide bonds. The highest BCUT2D eigenvalue weighted by molar-refractivity contribution is 4.85. The normalized spacial score (nSPS) is 43.4. The van der Waals surface area contributed by atoms with Crippen LogP contribution < -0.4 is 5.32 Å². The van der Waals surface area contributed by atoms with E-state index in [0.717, 1.165) is 23.8 Å². The Morgan fingerprint density at radius 3 is 2.60 bits per heavy atom. The second-order valence-electron chi connectivity index (χ2n) is 5.75. The molecule has 2 unspecified atom stereocenters. The molecule has 0 aliphatic carbocycles. The number of hydrogen-bond acceptors (Lipinski definition) is 2. The van der Waals surface area contributed by atoms with Crippen molar-refractivity contribution in [2.45, 2.75) is 39.7 Å². The highest BCUT2D eigenvalue weighted by Gasteiger charge is 2.30. The number of nitrogens with one attached hydrogen (secondary N) is 1. The molecule has 0 aromatic carbocycles. The van der Waals surface area contributed by atoms with Gasteiger partial charge >= 0.3 is 0 Å². The van der Waals surface area contributed by atoms with E-state index in [0.29, 0.717) is 0 Å². The van der Waals surface area contributed by atoms with Crippen molar-refractivity contribution >= 4 is 0 Å². The molecule has 0 spiro atoms. The molecule has 2 aliphatic heterocycles. The SMILES string of the molecule is CC1CCCN(C[C@@H]2CNC[C@H]2C)C1C. The number of nitrogens with zero attached hydrogens (tertiary/aromatic N) is 1. The third-order valence-corrected chi connectivity index (χ3v) is 4.65. The van der Waals surface area contributed by atoms with Gasteiger partial charge in [-0.1, -0.05) is 13.8 Å². The summed E-state index contributed by atoms with van der Waals surface area (Å²) in [5.41, 5.74) is 0. The van der Waals surface area contributed by atoms with Gasteiger partial charge in [0.2, 0.25) is 0 Å². The van der Waals surface area contributed by atoms with Crippen LogP contribution in [0.15, 0.2) is 0 Å². The van der Waals surface area contributed by atoms with Crippen molar-refractivity contribution in [1.29, 1.82) is 0 Å². The maximum atomic E-state index is 3.51. The smallest absolute Gasteiger partial charge is 0.00926 e. The lowest BCUT2D eigenvalue weighted by Gasteiger charge is -2.39. The molecule has 2 aliphatic rings. The lowest BCUT2D eigenvalue weighted by atomic mass is 9.89. The average Bonchev–Trinajstić information content (AvgIpc) is 2.60. The first kappa shape index (κ1) is 11.4. The zero-order valence-electron chi connectivity index (χ0n) is 10.5. The number of piperidine rings is 1. The van der Waals surface area contributed by atoms with Gasteiger partial charge in [0.25, 0.3) is 0 Å². The molecule has 2 heteroatoms. The first-order valence-corrected chi connectivity index (χ1v) is 6.63. The van der Waals surface area contributed by atoms with Gasteiger partial charge in [-0.3, -0.25) is 0 Å². The predicted octanol–water partition coefficient (Wildman–Crippen LogP) is 1.96. The van der Waals surface area contributed by atoms with Crippen LogP contribution in [0.4, 0.5) is 0 Å². The molecule has 1 N–H and O–H groups in total. The van der Waals surface area contributed by atoms with E-state index in [2.05, 4.69) is 31.0 Å². The molecular formula is C13H26N2. The van der Waals surface area contributed by atoms with Crippen LogP contribution >= 0.6 is 0 Å². The summed E-state index contributed by atoms with van der Waals surface area (Å²) < 4.78 is 0. The highest BCUT2D eigenvalue weighted by atomic mass is 15.2. The Kier molecular flexibility index (Phi) is 3.68. The number of hydrogen-bond donors (Lipinski definition) is 1. The molecule has 2 nitrogen and oxygen atoms in total. The maximum Gasteiger partial charge on any atom is 0.00926 e. The van der Waals surface area contributed by atoms with Crippen molar-refractivity contribution in [3.63, 3.8) is 0 Å². The zero-order chi connectivity index (χ0) is 10.8. The van der Waals surface area contributed by atoms with Crippen LogP contribution in [0.3, 0.4) is 0 Å². The third kappa shape index (κ3) is 2.54. The average molecular weight is 210 g/mol. The Bertz CT molecular complexity index is 205. The molecule has 0 radical (unpaired) electrons. The van der Waals surface area contributed by atoms with E-state index in [1.54, 1.807) is 0 Å².